The number of hydrogen-bond donors (Lipinski definition) is 3. The second kappa shape index (κ2) is 7.65. The van der Waals surface area contributed by atoms with Crippen molar-refractivity contribution in [1.29, 1.82) is 0 Å². The highest BCUT2D eigenvalue weighted by molar-refractivity contribution is 7.93. The fourth-order valence-corrected chi connectivity index (χ4v) is 3.08. The molecule has 1 heterocycles. The van der Waals surface area contributed by atoms with E-state index in [0.717, 1.165) is 13.1 Å². The summed E-state index contributed by atoms with van der Waals surface area (Å²) in [6.45, 7) is 6.04. The van der Waals surface area contributed by atoms with Crippen molar-refractivity contribution in [3.05, 3.63) is 24.3 Å². The number of carbonyl (C=O) groups is 1. The first-order chi connectivity index (χ1) is 10.8. The van der Waals surface area contributed by atoms with Crippen molar-refractivity contribution in [2.24, 2.45) is 5.92 Å². The summed E-state index contributed by atoms with van der Waals surface area (Å²) in [4.78, 5) is 11.7. The van der Waals surface area contributed by atoms with Crippen LogP contribution >= 0.6 is 0 Å². The quantitative estimate of drug-likeness (QED) is 0.642. The number of sulfonamides is 1. The fourth-order valence-electron chi connectivity index (χ4n) is 2.06. The van der Waals surface area contributed by atoms with E-state index in [0.29, 0.717) is 23.9 Å². The van der Waals surface area contributed by atoms with Crippen LogP contribution in [0.2, 0.25) is 0 Å². The molecule has 8 heteroatoms. The first-order valence-corrected chi connectivity index (χ1v) is 9.24. The van der Waals surface area contributed by atoms with Gasteiger partial charge in [0, 0.05) is 31.2 Å². The molecule has 0 atom stereocenters. The summed E-state index contributed by atoms with van der Waals surface area (Å²) in [7, 11) is -3.72. The lowest BCUT2D eigenvalue weighted by atomic mass is 10.0. The summed E-state index contributed by atoms with van der Waals surface area (Å²) in [6.07, 6.45) is 0.0482. The molecular formula is C15H23N3O4S. The number of rotatable bonds is 8. The molecule has 0 bridgehead atoms. The molecule has 0 aromatic heterocycles. The van der Waals surface area contributed by atoms with E-state index in [1.807, 2.05) is 13.8 Å². The molecule has 0 radical (unpaired) electrons. The van der Waals surface area contributed by atoms with Gasteiger partial charge in [0.1, 0.15) is 11.5 Å². The average Bonchev–Trinajstić information content (AvgIpc) is 2.37. The van der Waals surface area contributed by atoms with Gasteiger partial charge in [-0.2, -0.15) is 0 Å². The standard InChI is InChI=1S/C15H23N3O4S/c1-11(2)22-14-5-3-13(4-6-14)18-23(20,21)10-15(19)17-9-12-7-16-8-12/h3-6,11-12,16,18H,7-10H2,1-2H3,(H,17,19). The molecule has 3 N–H and O–H groups in total. The van der Waals surface area contributed by atoms with Crippen molar-refractivity contribution in [3.8, 4) is 5.75 Å². The first-order valence-electron chi connectivity index (χ1n) is 7.59. The average molecular weight is 341 g/mol. The second-order valence-corrected chi connectivity index (χ2v) is 7.60. The minimum Gasteiger partial charge on any atom is -0.491 e. The van der Waals surface area contributed by atoms with Gasteiger partial charge in [0.15, 0.2) is 0 Å². The van der Waals surface area contributed by atoms with E-state index in [9.17, 15) is 13.2 Å². The first kappa shape index (κ1) is 17.6. The zero-order valence-electron chi connectivity index (χ0n) is 13.3. The Morgan fingerprint density at radius 3 is 2.48 bits per heavy atom. The van der Waals surface area contributed by atoms with Crippen LogP contribution in [0.4, 0.5) is 5.69 Å². The normalized spacial score (nSPS) is 15.1. The van der Waals surface area contributed by atoms with E-state index in [2.05, 4.69) is 15.4 Å². The van der Waals surface area contributed by atoms with Crippen molar-refractivity contribution < 1.29 is 17.9 Å². The van der Waals surface area contributed by atoms with Crippen LogP contribution in [0.1, 0.15) is 13.8 Å². The van der Waals surface area contributed by atoms with Gasteiger partial charge in [0.25, 0.3) is 0 Å². The highest BCUT2D eigenvalue weighted by Gasteiger charge is 2.20. The number of hydrogen-bond acceptors (Lipinski definition) is 5. The smallest absolute Gasteiger partial charge is 0.241 e. The van der Waals surface area contributed by atoms with Crippen LogP contribution in [0.5, 0.6) is 5.75 Å². The summed E-state index contributed by atoms with van der Waals surface area (Å²) < 4.78 is 31.8. The summed E-state index contributed by atoms with van der Waals surface area (Å²) in [5.41, 5.74) is 0.400. The molecule has 23 heavy (non-hydrogen) atoms. The monoisotopic (exact) mass is 341 g/mol. The van der Waals surface area contributed by atoms with E-state index in [4.69, 9.17) is 4.74 Å². The SMILES string of the molecule is CC(C)Oc1ccc(NS(=O)(=O)CC(=O)NCC2CNC2)cc1. The predicted octanol–water partition coefficient (Wildman–Crippen LogP) is 0.551. The molecule has 0 saturated carbocycles. The summed E-state index contributed by atoms with van der Waals surface area (Å²) in [6, 6.07) is 6.57. The summed E-state index contributed by atoms with van der Waals surface area (Å²) in [5.74, 6) is -0.0284. The van der Waals surface area contributed by atoms with E-state index >= 15 is 0 Å². The van der Waals surface area contributed by atoms with Gasteiger partial charge in [-0.1, -0.05) is 0 Å². The van der Waals surface area contributed by atoms with E-state index < -0.39 is 21.7 Å². The molecule has 1 fully saturated rings. The number of carbonyl (C=O) groups excluding carboxylic acids is 1. The third-order valence-corrected chi connectivity index (χ3v) is 4.46. The van der Waals surface area contributed by atoms with E-state index in [-0.39, 0.29) is 6.10 Å². The molecule has 0 aliphatic carbocycles. The summed E-state index contributed by atoms with van der Waals surface area (Å²) in [5, 5.41) is 5.73. The Morgan fingerprint density at radius 2 is 1.96 bits per heavy atom. The zero-order chi connectivity index (χ0) is 16.9. The molecular weight excluding hydrogens is 318 g/mol. The van der Waals surface area contributed by atoms with Crippen LogP contribution < -0.4 is 20.1 Å². The maximum atomic E-state index is 12.0. The minimum atomic E-state index is -3.72. The largest absolute Gasteiger partial charge is 0.491 e. The van der Waals surface area contributed by atoms with Crippen LogP contribution in [-0.4, -0.2) is 45.8 Å². The predicted molar refractivity (Wildman–Crippen MR) is 89.0 cm³/mol. The van der Waals surface area contributed by atoms with Gasteiger partial charge in [-0.3, -0.25) is 9.52 Å². The molecule has 7 nitrogen and oxygen atoms in total. The Bertz CT molecular complexity index is 625. The number of nitrogens with one attached hydrogen (secondary N) is 3. The van der Waals surface area contributed by atoms with Crippen molar-refractivity contribution in [3.63, 3.8) is 0 Å². The number of ether oxygens (including phenoxy) is 1. The second-order valence-electron chi connectivity index (χ2n) is 5.88. The van der Waals surface area contributed by atoms with Crippen molar-refractivity contribution in [1.82, 2.24) is 10.6 Å². The van der Waals surface area contributed by atoms with Crippen LogP contribution in [0.3, 0.4) is 0 Å². The van der Waals surface area contributed by atoms with Crippen LogP contribution in [0.15, 0.2) is 24.3 Å². The molecule has 0 spiro atoms. The molecule has 1 aromatic rings. The lowest BCUT2D eigenvalue weighted by Gasteiger charge is -2.27. The van der Waals surface area contributed by atoms with Crippen molar-refractivity contribution in [2.45, 2.75) is 20.0 Å². The van der Waals surface area contributed by atoms with E-state index in [1.54, 1.807) is 24.3 Å². The van der Waals surface area contributed by atoms with Gasteiger partial charge in [0.05, 0.1) is 6.10 Å². The lowest BCUT2D eigenvalue weighted by Crippen LogP contribution is -2.49. The van der Waals surface area contributed by atoms with Gasteiger partial charge >= 0.3 is 0 Å². The van der Waals surface area contributed by atoms with Crippen LogP contribution in [0, 0.1) is 5.92 Å². The Hall–Kier alpha value is -1.80. The third-order valence-electron chi connectivity index (χ3n) is 3.27. The molecule has 1 aromatic carbocycles. The Labute approximate surface area is 136 Å². The molecule has 128 valence electrons. The molecule has 2 rings (SSSR count). The van der Waals surface area contributed by atoms with Crippen LogP contribution in [0.25, 0.3) is 0 Å². The molecule has 1 aliphatic rings. The van der Waals surface area contributed by atoms with Gasteiger partial charge in [-0.05, 0) is 38.1 Å². The Morgan fingerprint density at radius 1 is 1.30 bits per heavy atom. The lowest BCUT2D eigenvalue weighted by molar-refractivity contribution is -0.118. The maximum absolute atomic E-state index is 12.0. The minimum absolute atomic E-state index is 0.0482. The Balaban J connectivity index is 1.83. The molecule has 1 saturated heterocycles. The highest BCUT2D eigenvalue weighted by atomic mass is 32.2. The Kier molecular flexibility index (Phi) is 5.84. The van der Waals surface area contributed by atoms with Gasteiger partial charge in [-0.25, -0.2) is 8.42 Å². The molecule has 1 amide bonds. The fraction of sp³-hybridized carbons (Fsp3) is 0.533. The third kappa shape index (κ3) is 6.07. The van der Waals surface area contributed by atoms with Gasteiger partial charge in [-0.15, -0.1) is 0 Å². The summed E-state index contributed by atoms with van der Waals surface area (Å²) >= 11 is 0. The molecule has 1 aliphatic heterocycles. The van der Waals surface area contributed by atoms with Gasteiger partial charge < -0.3 is 15.4 Å². The number of amides is 1. The number of benzene rings is 1. The zero-order valence-corrected chi connectivity index (χ0v) is 14.2. The number of anilines is 1. The van der Waals surface area contributed by atoms with Crippen molar-refractivity contribution in [2.75, 3.05) is 30.1 Å². The topological polar surface area (TPSA) is 96.5 Å². The van der Waals surface area contributed by atoms with Crippen molar-refractivity contribution >= 4 is 21.6 Å². The van der Waals surface area contributed by atoms with E-state index in [1.165, 1.54) is 0 Å². The highest BCUT2D eigenvalue weighted by Crippen LogP contribution is 2.17. The maximum Gasteiger partial charge on any atom is 0.241 e. The molecule has 0 unspecified atom stereocenters. The van der Waals surface area contributed by atoms with Gasteiger partial charge in [0.2, 0.25) is 15.9 Å². The van der Waals surface area contributed by atoms with Crippen LogP contribution in [-0.2, 0) is 14.8 Å².